The maximum atomic E-state index is 12.0. The van der Waals surface area contributed by atoms with E-state index in [9.17, 15) is 14.9 Å². The number of nitrogen functional groups attached to an aromatic ring is 1. The van der Waals surface area contributed by atoms with Crippen molar-refractivity contribution >= 4 is 28.3 Å². The topological polar surface area (TPSA) is 102 Å². The number of thiophene rings is 1. The van der Waals surface area contributed by atoms with Crippen molar-refractivity contribution in [3.05, 3.63) is 51.9 Å². The molecule has 0 saturated carbocycles. The normalized spacial score (nSPS) is 9.91. The number of esters is 2. The van der Waals surface area contributed by atoms with Crippen LogP contribution in [0.25, 0.3) is 0 Å². The molecular weight excluding hydrogens is 316 g/mol. The Morgan fingerprint density at radius 2 is 1.91 bits per heavy atom. The predicted octanol–water partition coefficient (Wildman–Crippen LogP) is 2.74. The largest absolute Gasteiger partial charge is 0.462 e. The van der Waals surface area contributed by atoms with Gasteiger partial charge in [0.05, 0.1) is 17.7 Å². The Hall–Kier alpha value is -2.85. The van der Waals surface area contributed by atoms with E-state index in [1.165, 1.54) is 0 Å². The number of nitrogens with zero attached hydrogens (tertiary/aromatic N) is 1. The number of benzene rings is 1. The van der Waals surface area contributed by atoms with Crippen LogP contribution in [0.3, 0.4) is 0 Å². The fourth-order valence-corrected chi connectivity index (χ4v) is 2.82. The molecule has 2 aromatic rings. The van der Waals surface area contributed by atoms with Gasteiger partial charge in [0.1, 0.15) is 22.6 Å². The van der Waals surface area contributed by atoms with Crippen molar-refractivity contribution in [2.75, 3.05) is 12.3 Å². The Balaban J connectivity index is 2.23. The molecule has 0 aliphatic carbocycles. The number of nitriles is 1. The van der Waals surface area contributed by atoms with E-state index in [4.69, 9.17) is 15.2 Å². The second-order valence-electron chi connectivity index (χ2n) is 4.42. The van der Waals surface area contributed by atoms with Gasteiger partial charge in [-0.2, -0.15) is 5.26 Å². The minimum Gasteiger partial charge on any atom is -0.462 e. The summed E-state index contributed by atoms with van der Waals surface area (Å²) in [5.74, 6) is -1.13. The number of hydrogen-bond donors (Lipinski definition) is 1. The van der Waals surface area contributed by atoms with E-state index < -0.39 is 11.9 Å². The first-order valence-corrected chi connectivity index (χ1v) is 7.60. The van der Waals surface area contributed by atoms with Crippen LogP contribution in [0, 0.1) is 11.3 Å². The molecule has 0 aliphatic heterocycles. The van der Waals surface area contributed by atoms with E-state index in [1.807, 2.05) is 6.07 Å². The van der Waals surface area contributed by atoms with Gasteiger partial charge in [-0.15, -0.1) is 11.3 Å². The van der Waals surface area contributed by atoms with E-state index in [-0.39, 0.29) is 34.2 Å². The number of hydrogen-bond acceptors (Lipinski definition) is 7. The van der Waals surface area contributed by atoms with Gasteiger partial charge in [0.15, 0.2) is 0 Å². The smallest absolute Gasteiger partial charge is 0.348 e. The summed E-state index contributed by atoms with van der Waals surface area (Å²) in [7, 11) is 0. The summed E-state index contributed by atoms with van der Waals surface area (Å²) in [6.07, 6.45) is 0. The molecule has 1 aromatic heterocycles. The molecule has 0 spiro atoms. The van der Waals surface area contributed by atoms with Crippen molar-refractivity contribution in [3.63, 3.8) is 0 Å². The maximum Gasteiger partial charge on any atom is 0.348 e. The van der Waals surface area contributed by atoms with Crippen molar-refractivity contribution in [1.82, 2.24) is 0 Å². The number of nitrogens with two attached hydrogens (primary N) is 1. The quantitative estimate of drug-likeness (QED) is 0.846. The number of carbonyl (C=O) groups excluding carboxylic acids is 2. The van der Waals surface area contributed by atoms with Crippen LogP contribution in [0.2, 0.25) is 0 Å². The van der Waals surface area contributed by atoms with Crippen LogP contribution in [0.4, 0.5) is 5.00 Å². The molecule has 0 aliphatic rings. The van der Waals surface area contributed by atoms with E-state index in [1.54, 1.807) is 37.3 Å². The molecule has 6 nitrogen and oxygen atoms in total. The van der Waals surface area contributed by atoms with Gasteiger partial charge < -0.3 is 15.2 Å². The van der Waals surface area contributed by atoms with Crippen LogP contribution in [0.5, 0.6) is 0 Å². The standard InChI is InChI=1S/C16H14N2O4S/c1-2-21-16(20)13-12(11(8-17)14(18)23-13)9-22-15(19)10-6-4-3-5-7-10/h3-7H,2,9,18H2,1H3. The molecule has 1 heterocycles. The molecule has 0 bridgehead atoms. The summed E-state index contributed by atoms with van der Waals surface area (Å²) in [5, 5.41) is 9.39. The highest BCUT2D eigenvalue weighted by Gasteiger charge is 2.24. The molecule has 0 amide bonds. The van der Waals surface area contributed by atoms with E-state index in [0.717, 1.165) is 11.3 Å². The molecule has 23 heavy (non-hydrogen) atoms. The summed E-state index contributed by atoms with van der Waals surface area (Å²) in [6, 6.07) is 10.4. The Bertz CT molecular complexity index is 762. The second kappa shape index (κ2) is 7.42. The first kappa shape index (κ1) is 16.5. The maximum absolute atomic E-state index is 12.0. The molecule has 0 saturated heterocycles. The number of carbonyl (C=O) groups is 2. The van der Waals surface area contributed by atoms with Crippen molar-refractivity contribution in [1.29, 1.82) is 5.26 Å². The van der Waals surface area contributed by atoms with Crippen LogP contribution < -0.4 is 5.73 Å². The second-order valence-corrected chi connectivity index (χ2v) is 5.48. The van der Waals surface area contributed by atoms with Crippen molar-refractivity contribution in [2.45, 2.75) is 13.5 Å². The third-order valence-electron chi connectivity index (χ3n) is 2.96. The summed E-state index contributed by atoms with van der Waals surface area (Å²) in [6.45, 7) is 1.65. The molecule has 0 fully saturated rings. The van der Waals surface area contributed by atoms with Gasteiger partial charge in [-0.3, -0.25) is 0 Å². The third-order valence-corrected chi connectivity index (χ3v) is 4.01. The first-order valence-electron chi connectivity index (χ1n) is 6.79. The fraction of sp³-hybridized carbons (Fsp3) is 0.188. The van der Waals surface area contributed by atoms with Crippen molar-refractivity contribution in [2.24, 2.45) is 0 Å². The molecule has 0 atom stereocenters. The van der Waals surface area contributed by atoms with Gasteiger partial charge in [-0.25, -0.2) is 9.59 Å². The molecule has 118 valence electrons. The summed E-state index contributed by atoms with van der Waals surface area (Å²) >= 11 is 0.951. The van der Waals surface area contributed by atoms with E-state index in [2.05, 4.69) is 0 Å². The van der Waals surface area contributed by atoms with Gasteiger partial charge in [0.25, 0.3) is 0 Å². The monoisotopic (exact) mass is 330 g/mol. The van der Waals surface area contributed by atoms with Crippen molar-refractivity contribution in [3.8, 4) is 6.07 Å². The lowest BCUT2D eigenvalue weighted by Gasteiger charge is -2.06. The highest BCUT2D eigenvalue weighted by atomic mass is 32.1. The molecule has 2 rings (SSSR count). The van der Waals surface area contributed by atoms with E-state index in [0.29, 0.717) is 5.56 Å². The number of anilines is 1. The summed E-state index contributed by atoms with van der Waals surface area (Å²) in [4.78, 5) is 24.1. The average Bonchev–Trinajstić information content (AvgIpc) is 2.89. The number of rotatable bonds is 5. The van der Waals surface area contributed by atoms with Crippen LogP contribution in [0.15, 0.2) is 30.3 Å². The molecule has 1 aromatic carbocycles. The lowest BCUT2D eigenvalue weighted by atomic mass is 10.1. The Morgan fingerprint density at radius 3 is 2.52 bits per heavy atom. The summed E-state index contributed by atoms with van der Waals surface area (Å²) in [5.41, 5.74) is 6.55. The van der Waals surface area contributed by atoms with Gasteiger partial charge in [-0.05, 0) is 19.1 Å². The molecule has 2 N–H and O–H groups in total. The Morgan fingerprint density at radius 1 is 1.22 bits per heavy atom. The predicted molar refractivity (Wildman–Crippen MR) is 85.0 cm³/mol. The van der Waals surface area contributed by atoms with Crippen LogP contribution >= 0.6 is 11.3 Å². The fourth-order valence-electron chi connectivity index (χ4n) is 1.90. The molecule has 0 radical (unpaired) electrons. The zero-order valence-electron chi connectivity index (χ0n) is 12.4. The Kier molecular flexibility index (Phi) is 5.33. The first-order chi connectivity index (χ1) is 11.1. The van der Waals surface area contributed by atoms with Gasteiger partial charge in [-0.1, -0.05) is 18.2 Å². The molecule has 7 heteroatoms. The SMILES string of the molecule is CCOC(=O)c1sc(N)c(C#N)c1COC(=O)c1ccccc1. The van der Waals surface area contributed by atoms with Crippen LogP contribution in [-0.2, 0) is 16.1 Å². The molecule has 0 unspecified atom stereocenters. The highest BCUT2D eigenvalue weighted by molar-refractivity contribution is 7.18. The molecular formula is C16H14N2O4S. The minimum atomic E-state index is -0.587. The van der Waals surface area contributed by atoms with Crippen LogP contribution in [0.1, 0.15) is 38.1 Å². The summed E-state index contributed by atoms with van der Waals surface area (Å²) < 4.78 is 10.1. The average molecular weight is 330 g/mol. The van der Waals surface area contributed by atoms with Gasteiger partial charge in [0.2, 0.25) is 0 Å². The number of ether oxygens (including phenoxy) is 2. The van der Waals surface area contributed by atoms with Gasteiger partial charge >= 0.3 is 11.9 Å². The van der Waals surface area contributed by atoms with Crippen molar-refractivity contribution < 1.29 is 19.1 Å². The zero-order valence-corrected chi connectivity index (χ0v) is 13.2. The lowest BCUT2D eigenvalue weighted by molar-refractivity contribution is 0.0452. The van der Waals surface area contributed by atoms with Gasteiger partial charge in [0, 0.05) is 5.56 Å². The third kappa shape index (κ3) is 3.67. The zero-order chi connectivity index (χ0) is 16.8. The van der Waals surface area contributed by atoms with Crippen LogP contribution in [-0.4, -0.2) is 18.5 Å². The van der Waals surface area contributed by atoms with E-state index >= 15 is 0 Å². The Labute approximate surface area is 137 Å². The minimum absolute atomic E-state index is 0.138. The lowest BCUT2D eigenvalue weighted by Crippen LogP contribution is -2.10. The highest BCUT2D eigenvalue weighted by Crippen LogP contribution is 2.32.